The van der Waals surface area contributed by atoms with Crippen LogP contribution in [0.15, 0.2) is 72.8 Å². The molecule has 3 aliphatic rings. The third-order valence-corrected chi connectivity index (χ3v) is 6.05. The molecule has 166 valence electrons. The first-order chi connectivity index (χ1) is 16.8. The van der Waals surface area contributed by atoms with Gasteiger partial charge >= 0.3 is 0 Å². The topological polar surface area (TPSA) is 69.4 Å². The lowest BCUT2D eigenvalue weighted by Gasteiger charge is -2.15. The van der Waals surface area contributed by atoms with E-state index in [1.54, 1.807) is 0 Å². The Balaban J connectivity index is 0.000000182. The highest BCUT2D eigenvalue weighted by molar-refractivity contribution is 5.77. The summed E-state index contributed by atoms with van der Waals surface area (Å²) >= 11 is 0. The molecule has 4 aromatic rings. The van der Waals surface area contributed by atoms with E-state index in [2.05, 4.69) is 79.9 Å². The molecular formula is C29H25N5. The molecule has 0 saturated carbocycles. The monoisotopic (exact) mass is 443 g/mol. The maximum absolute atomic E-state index is 4.62. The number of hydrogen-bond donors (Lipinski definition) is 3. The van der Waals surface area contributed by atoms with Crippen molar-refractivity contribution in [3.63, 3.8) is 0 Å². The molecule has 1 aromatic carbocycles. The van der Waals surface area contributed by atoms with Crippen molar-refractivity contribution in [1.82, 2.24) is 25.3 Å². The van der Waals surface area contributed by atoms with Gasteiger partial charge in [0.25, 0.3) is 0 Å². The first-order valence-corrected chi connectivity index (χ1v) is 11.6. The van der Waals surface area contributed by atoms with Gasteiger partial charge in [0.2, 0.25) is 0 Å². The fourth-order valence-electron chi connectivity index (χ4n) is 4.36. The van der Waals surface area contributed by atoms with E-state index in [1.807, 2.05) is 42.5 Å². The minimum Gasteiger partial charge on any atom is -0.355 e. The normalized spacial score (nSPS) is 13.8. The van der Waals surface area contributed by atoms with Gasteiger partial charge in [0.15, 0.2) is 0 Å². The van der Waals surface area contributed by atoms with Crippen LogP contribution in [0.4, 0.5) is 0 Å². The zero-order valence-corrected chi connectivity index (χ0v) is 18.8. The van der Waals surface area contributed by atoms with Crippen molar-refractivity contribution in [2.24, 2.45) is 0 Å². The van der Waals surface area contributed by atoms with Crippen molar-refractivity contribution in [2.75, 3.05) is 6.54 Å². The van der Waals surface area contributed by atoms with E-state index < -0.39 is 0 Å². The van der Waals surface area contributed by atoms with Gasteiger partial charge in [-0.15, -0.1) is 0 Å². The van der Waals surface area contributed by atoms with Gasteiger partial charge in [-0.25, -0.2) is 9.97 Å². The lowest BCUT2D eigenvalue weighted by atomic mass is 10.0. The molecule has 5 heteroatoms. The Bertz CT molecular complexity index is 1450. The molecule has 34 heavy (non-hydrogen) atoms. The molecule has 0 spiro atoms. The zero-order chi connectivity index (χ0) is 22.7. The van der Waals surface area contributed by atoms with Crippen molar-refractivity contribution >= 4 is 46.4 Å². The van der Waals surface area contributed by atoms with Crippen LogP contribution in [0, 0.1) is 0 Å². The summed E-state index contributed by atoms with van der Waals surface area (Å²) in [6.45, 7) is 2.19. The molecule has 0 unspecified atom stereocenters. The number of rotatable bonds is 0. The summed E-state index contributed by atoms with van der Waals surface area (Å²) in [5.74, 6) is 0. The summed E-state index contributed by atoms with van der Waals surface area (Å²) in [6, 6.07) is 25.0. The number of nitrogens with zero attached hydrogens (tertiary/aromatic N) is 2. The third-order valence-electron chi connectivity index (χ3n) is 6.05. The summed E-state index contributed by atoms with van der Waals surface area (Å²) in [5.41, 5.74) is 10.8. The van der Waals surface area contributed by atoms with Gasteiger partial charge in [-0.05, 0) is 96.9 Å². The molecule has 0 saturated heterocycles. The second kappa shape index (κ2) is 8.96. The van der Waals surface area contributed by atoms with Gasteiger partial charge in [0.05, 0.1) is 22.8 Å². The zero-order valence-electron chi connectivity index (χ0n) is 18.8. The highest BCUT2D eigenvalue weighted by Crippen LogP contribution is 2.17. The standard InChI is InChI=1S/C20H14N4.C9H11N/c1-2-14-10-16-5-6-18(23-16)12-20-8-7-19(24-20)11-17-4-3-15(22-17)9-13(1)21-14;1-2-4-9-7-10-6-5-8(9)3-1/h1-12,21-22H;1-4,10H,5-7H2. The molecule has 0 atom stereocenters. The molecule has 5 nitrogen and oxygen atoms in total. The Morgan fingerprint density at radius 2 is 1.03 bits per heavy atom. The smallest absolute Gasteiger partial charge is 0.0659 e. The van der Waals surface area contributed by atoms with Gasteiger partial charge in [0, 0.05) is 28.6 Å². The average Bonchev–Trinajstić information content (AvgIpc) is 3.66. The Morgan fingerprint density at radius 1 is 0.529 bits per heavy atom. The minimum atomic E-state index is 0.915. The fraction of sp³-hybridized carbons (Fsp3) is 0.103. The number of aromatic amines is 2. The van der Waals surface area contributed by atoms with Crippen LogP contribution in [0.2, 0.25) is 0 Å². The molecule has 6 heterocycles. The molecule has 3 N–H and O–H groups in total. The molecular weight excluding hydrogens is 418 g/mol. The Hall–Kier alpha value is -4.22. The van der Waals surface area contributed by atoms with E-state index >= 15 is 0 Å². The summed E-state index contributed by atoms with van der Waals surface area (Å²) in [5, 5.41) is 3.34. The summed E-state index contributed by atoms with van der Waals surface area (Å²) in [7, 11) is 0. The van der Waals surface area contributed by atoms with Crippen LogP contribution in [0.1, 0.15) is 33.9 Å². The predicted molar refractivity (Wildman–Crippen MR) is 141 cm³/mol. The molecule has 8 bridgehead atoms. The predicted octanol–water partition coefficient (Wildman–Crippen LogP) is 5.99. The molecule has 0 radical (unpaired) electrons. The number of H-pyrrole nitrogens is 2. The van der Waals surface area contributed by atoms with Crippen LogP contribution in [-0.2, 0) is 13.0 Å². The maximum atomic E-state index is 4.62. The Labute approximate surface area is 198 Å². The van der Waals surface area contributed by atoms with Crippen LogP contribution in [0.25, 0.3) is 46.4 Å². The number of nitrogens with one attached hydrogen (secondary N) is 3. The van der Waals surface area contributed by atoms with Crippen molar-refractivity contribution in [2.45, 2.75) is 13.0 Å². The van der Waals surface area contributed by atoms with Crippen LogP contribution in [-0.4, -0.2) is 26.5 Å². The molecule has 3 aromatic heterocycles. The van der Waals surface area contributed by atoms with Crippen LogP contribution in [0.3, 0.4) is 0 Å². The second-order valence-electron chi connectivity index (χ2n) is 8.60. The molecule has 0 aliphatic carbocycles. The van der Waals surface area contributed by atoms with E-state index in [4.69, 9.17) is 0 Å². The number of aromatic nitrogens is 4. The largest absolute Gasteiger partial charge is 0.355 e. The Morgan fingerprint density at radius 3 is 1.59 bits per heavy atom. The Kier molecular flexibility index (Phi) is 5.38. The van der Waals surface area contributed by atoms with Crippen molar-refractivity contribution in [3.05, 3.63) is 107 Å². The first kappa shape index (κ1) is 20.4. The van der Waals surface area contributed by atoms with Gasteiger partial charge in [0.1, 0.15) is 0 Å². The number of fused-ring (bicyclic) bond motifs is 9. The van der Waals surface area contributed by atoms with Crippen LogP contribution >= 0.6 is 0 Å². The second-order valence-corrected chi connectivity index (χ2v) is 8.60. The van der Waals surface area contributed by atoms with Gasteiger partial charge in [-0.3, -0.25) is 0 Å². The van der Waals surface area contributed by atoms with E-state index in [0.29, 0.717) is 0 Å². The molecule has 0 fully saturated rings. The van der Waals surface area contributed by atoms with E-state index in [0.717, 1.165) is 57.9 Å². The quantitative estimate of drug-likeness (QED) is 0.270. The highest BCUT2D eigenvalue weighted by Gasteiger charge is 2.05. The minimum absolute atomic E-state index is 0.915. The van der Waals surface area contributed by atoms with Crippen molar-refractivity contribution in [3.8, 4) is 0 Å². The van der Waals surface area contributed by atoms with Crippen LogP contribution < -0.4 is 5.32 Å². The fourth-order valence-corrected chi connectivity index (χ4v) is 4.36. The van der Waals surface area contributed by atoms with E-state index in [1.165, 1.54) is 17.5 Å². The van der Waals surface area contributed by atoms with Gasteiger partial charge in [-0.2, -0.15) is 0 Å². The highest BCUT2D eigenvalue weighted by atomic mass is 14.9. The van der Waals surface area contributed by atoms with E-state index in [9.17, 15) is 0 Å². The molecule has 7 rings (SSSR count). The average molecular weight is 444 g/mol. The number of hydrogen-bond acceptors (Lipinski definition) is 3. The first-order valence-electron chi connectivity index (χ1n) is 11.6. The lowest BCUT2D eigenvalue weighted by molar-refractivity contribution is 0.644. The molecule has 3 aliphatic heterocycles. The SMILES string of the molecule is C1=Cc2cc3ccc(cc4ccc(cc5nc(cc1n2)C=C5)[nH]4)[nH]3.c1ccc2c(c1)CCNC2. The van der Waals surface area contributed by atoms with E-state index in [-0.39, 0.29) is 0 Å². The summed E-state index contributed by atoms with van der Waals surface area (Å²) in [4.78, 5) is 16.0. The summed E-state index contributed by atoms with van der Waals surface area (Å²) in [6.07, 6.45) is 9.24. The lowest BCUT2D eigenvalue weighted by Crippen LogP contribution is -2.23. The number of benzene rings is 1. The van der Waals surface area contributed by atoms with Gasteiger partial charge in [-0.1, -0.05) is 24.3 Å². The van der Waals surface area contributed by atoms with Crippen LogP contribution in [0.5, 0.6) is 0 Å². The molecule has 0 amide bonds. The van der Waals surface area contributed by atoms with Crippen molar-refractivity contribution in [1.29, 1.82) is 0 Å². The maximum Gasteiger partial charge on any atom is 0.0659 e. The van der Waals surface area contributed by atoms with Crippen molar-refractivity contribution < 1.29 is 0 Å². The third kappa shape index (κ3) is 4.60. The van der Waals surface area contributed by atoms with Gasteiger partial charge < -0.3 is 15.3 Å². The summed E-state index contributed by atoms with van der Waals surface area (Å²) < 4.78 is 0.